The van der Waals surface area contributed by atoms with Crippen LogP contribution in [-0.2, 0) is 17.8 Å². The molecule has 5 rings (SSSR count). The van der Waals surface area contributed by atoms with Gasteiger partial charge in [0.15, 0.2) is 0 Å². The van der Waals surface area contributed by atoms with E-state index in [2.05, 4.69) is 41.7 Å². The molecule has 5 aromatic rings. The third kappa shape index (κ3) is 8.79. The van der Waals surface area contributed by atoms with Gasteiger partial charge in [0, 0.05) is 18.5 Å². The Morgan fingerprint density at radius 3 is 1.74 bits per heavy atom. The van der Waals surface area contributed by atoms with E-state index in [9.17, 15) is 9.90 Å². The average molecular weight is 632 g/mol. The van der Waals surface area contributed by atoms with Crippen LogP contribution in [0.5, 0.6) is 17.2 Å². The molecule has 0 amide bonds. The van der Waals surface area contributed by atoms with Crippen LogP contribution in [0.15, 0.2) is 127 Å². The van der Waals surface area contributed by atoms with Crippen molar-refractivity contribution in [1.29, 1.82) is 0 Å². The molecule has 0 aliphatic heterocycles. The molecule has 2 N–H and O–H groups in total. The molecule has 5 aromatic carbocycles. The number of aliphatic hydroxyl groups is 1. The van der Waals surface area contributed by atoms with Crippen molar-refractivity contribution in [3.05, 3.63) is 161 Å². The molecule has 2 atom stereocenters. The van der Waals surface area contributed by atoms with Crippen molar-refractivity contribution in [1.82, 2.24) is 5.32 Å². The number of ether oxygens (including phenoxy) is 4. The van der Waals surface area contributed by atoms with Crippen LogP contribution >= 0.6 is 0 Å². The maximum Gasteiger partial charge on any atom is 0.341 e. The first kappa shape index (κ1) is 33.3. The Balaban J connectivity index is 1.43. The summed E-state index contributed by atoms with van der Waals surface area (Å²) in [7, 11) is 4.65. The predicted molar refractivity (Wildman–Crippen MR) is 183 cm³/mol. The number of nitrogens with one attached hydrogen (secondary N) is 1. The number of aliphatic hydroxyl groups excluding tert-OH is 1. The van der Waals surface area contributed by atoms with Crippen molar-refractivity contribution in [2.75, 3.05) is 27.9 Å². The van der Waals surface area contributed by atoms with Gasteiger partial charge in [-0.05, 0) is 70.6 Å². The summed E-state index contributed by atoms with van der Waals surface area (Å²) in [5.74, 6) is 1.35. The molecule has 0 radical (unpaired) electrons. The van der Waals surface area contributed by atoms with E-state index in [0.29, 0.717) is 24.3 Å². The Morgan fingerprint density at radius 1 is 0.681 bits per heavy atom. The molecule has 0 heterocycles. The summed E-state index contributed by atoms with van der Waals surface area (Å²) in [5, 5.41) is 15.2. The van der Waals surface area contributed by atoms with Gasteiger partial charge in [0.05, 0.1) is 27.4 Å². The van der Waals surface area contributed by atoms with Gasteiger partial charge in [-0.1, -0.05) is 91.0 Å². The third-order valence-corrected chi connectivity index (χ3v) is 8.25. The molecular weight excluding hydrogens is 590 g/mol. The lowest BCUT2D eigenvalue weighted by Crippen LogP contribution is -2.39. The largest absolute Gasteiger partial charge is 0.497 e. The number of hydrogen-bond acceptors (Lipinski definition) is 7. The van der Waals surface area contributed by atoms with Crippen molar-refractivity contribution in [2.24, 2.45) is 0 Å². The first-order valence-corrected chi connectivity index (χ1v) is 15.6. The summed E-state index contributed by atoms with van der Waals surface area (Å²) >= 11 is 0. The summed E-state index contributed by atoms with van der Waals surface area (Å²) in [5.41, 5.74) is 5.19. The van der Waals surface area contributed by atoms with E-state index >= 15 is 0 Å². The van der Waals surface area contributed by atoms with Gasteiger partial charge >= 0.3 is 5.97 Å². The van der Waals surface area contributed by atoms with E-state index in [1.54, 1.807) is 32.4 Å². The summed E-state index contributed by atoms with van der Waals surface area (Å²) in [6.07, 6.45) is -0.206. The van der Waals surface area contributed by atoms with Gasteiger partial charge in [0.1, 0.15) is 29.4 Å². The van der Waals surface area contributed by atoms with Crippen LogP contribution in [0.4, 0.5) is 0 Å². The molecule has 0 aliphatic carbocycles. The lowest BCUT2D eigenvalue weighted by atomic mass is 9.82. The van der Waals surface area contributed by atoms with Gasteiger partial charge in [0.25, 0.3) is 0 Å². The molecule has 0 bridgehead atoms. The van der Waals surface area contributed by atoms with Crippen molar-refractivity contribution >= 4 is 5.97 Å². The summed E-state index contributed by atoms with van der Waals surface area (Å²) in [4.78, 5) is 12.8. The van der Waals surface area contributed by atoms with Crippen LogP contribution in [0.2, 0.25) is 0 Å². The van der Waals surface area contributed by atoms with Crippen LogP contribution in [-0.4, -0.2) is 45.0 Å². The van der Waals surface area contributed by atoms with Crippen molar-refractivity contribution in [3.63, 3.8) is 0 Å². The Morgan fingerprint density at radius 2 is 1.21 bits per heavy atom. The molecule has 242 valence electrons. The minimum absolute atomic E-state index is 0.0707. The number of carbonyl (C=O) groups excluding carboxylic acids is 1. The summed E-state index contributed by atoms with van der Waals surface area (Å²) in [6, 6.07) is 41.3. The lowest BCUT2D eigenvalue weighted by Gasteiger charge is -2.31. The minimum atomic E-state index is -0.910. The first-order valence-electron chi connectivity index (χ1n) is 15.6. The monoisotopic (exact) mass is 631 g/mol. The number of rotatable bonds is 15. The van der Waals surface area contributed by atoms with E-state index in [1.165, 1.54) is 12.7 Å². The average Bonchev–Trinajstić information content (AvgIpc) is 3.13. The second-order valence-corrected chi connectivity index (χ2v) is 11.3. The Kier molecular flexibility index (Phi) is 11.6. The van der Waals surface area contributed by atoms with Crippen LogP contribution in [0, 0.1) is 0 Å². The zero-order chi connectivity index (χ0) is 33.0. The zero-order valence-corrected chi connectivity index (χ0v) is 27.0. The molecular formula is C40H41NO6. The summed E-state index contributed by atoms with van der Waals surface area (Å²) < 4.78 is 21.9. The van der Waals surface area contributed by atoms with Crippen LogP contribution in [0.3, 0.4) is 0 Å². The molecule has 7 nitrogen and oxygen atoms in total. The van der Waals surface area contributed by atoms with E-state index in [1.807, 2.05) is 72.8 Å². The number of carbonyl (C=O) groups is 1. The maximum atomic E-state index is 12.8. The quantitative estimate of drug-likeness (QED) is 0.119. The van der Waals surface area contributed by atoms with Crippen LogP contribution in [0.25, 0.3) is 0 Å². The minimum Gasteiger partial charge on any atom is -0.497 e. The van der Waals surface area contributed by atoms with Crippen molar-refractivity contribution in [3.8, 4) is 17.2 Å². The highest BCUT2D eigenvalue weighted by molar-refractivity contribution is 5.92. The van der Waals surface area contributed by atoms with Crippen molar-refractivity contribution < 1.29 is 28.8 Å². The van der Waals surface area contributed by atoms with Gasteiger partial charge in [-0.3, -0.25) is 0 Å². The fourth-order valence-electron chi connectivity index (χ4n) is 5.72. The van der Waals surface area contributed by atoms with E-state index in [4.69, 9.17) is 18.9 Å². The molecule has 47 heavy (non-hydrogen) atoms. The molecule has 0 fully saturated rings. The molecule has 0 spiro atoms. The summed E-state index contributed by atoms with van der Waals surface area (Å²) in [6.45, 7) is 0.540. The highest BCUT2D eigenvalue weighted by Gasteiger charge is 2.27. The van der Waals surface area contributed by atoms with E-state index in [-0.39, 0.29) is 24.1 Å². The highest BCUT2D eigenvalue weighted by atomic mass is 16.5. The SMILES string of the molecule is COC(=O)c1cc(C(O)CNC(Cc2ccccc2)C(c2ccc(OC)cc2)c2ccc(OC)cc2)ccc1OCc1ccccc1. The van der Waals surface area contributed by atoms with Gasteiger partial charge in [-0.25, -0.2) is 4.79 Å². The van der Waals surface area contributed by atoms with Gasteiger partial charge in [-0.15, -0.1) is 0 Å². The molecule has 2 unspecified atom stereocenters. The number of hydrogen-bond donors (Lipinski definition) is 2. The molecule has 0 saturated heterocycles. The predicted octanol–water partition coefficient (Wildman–Crippen LogP) is 7.14. The molecule has 0 aliphatic rings. The smallest absolute Gasteiger partial charge is 0.341 e. The van der Waals surface area contributed by atoms with Crippen molar-refractivity contribution in [2.45, 2.75) is 31.1 Å². The molecule has 0 saturated carbocycles. The third-order valence-electron chi connectivity index (χ3n) is 8.25. The molecule has 7 heteroatoms. The Bertz CT molecular complexity index is 1640. The first-order chi connectivity index (χ1) is 23.0. The lowest BCUT2D eigenvalue weighted by molar-refractivity contribution is 0.0595. The van der Waals surface area contributed by atoms with Crippen LogP contribution < -0.4 is 19.5 Å². The maximum absolute atomic E-state index is 12.8. The second-order valence-electron chi connectivity index (χ2n) is 11.3. The zero-order valence-electron chi connectivity index (χ0n) is 27.0. The second kappa shape index (κ2) is 16.5. The van der Waals surface area contributed by atoms with E-state index < -0.39 is 12.1 Å². The van der Waals surface area contributed by atoms with E-state index in [0.717, 1.165) is 28.2 Å². The number of esters is 1. The van der Waals surface area contributed by atoms with Gasteiger partial charge in [-0.2, -0.15) is 0 Å². The van der Waals surface area contributed by atoms with Crippen LogP contribution in [0.1, 0.15) is 50.2 Å². The highest BCUT2D eigenvalue weighted by Crippen LogP contribution is 2.33. The Labute approximate surface area is 276 Å². The fraction of sp³-hybridized carbons (Fsp3) is 0.225. The topological polar surface area (TPSA) is 86.3 Å². The molecule has 0 aromatic heterocycles. The van der Waals surface area contributed by atoms with Gasteiger partial charge in [0.2, 0.25) is 0 Å². The Hall–Kier alpha value is -5.11. The number of benzene rings is 5. The fourth-order valence-corrected chi connectivity index (χ4v) is 5.72. The number of methoxy groups -OCH3 is 3. The van der Waals surface area contributed by atoms with Gasteiger partial charge < -0.3 is 29.4 Å². The standard InChI is InChI=1S/C40H41NO6/c1-44-33-19-14-30(15-20-33)39(31-16-21-34(45-2)22-17-31)36(24-28-10-6-4-7-11-28)41-26-37(42)32-18-23-38(35(25-32)40(43)46-3)47-27-29-12-8-5-9-13-29/h4-23,25,36-37,39,41-42H,24,26-27H2,1-3H3. The normalized spacial score (nSPS) is 12.3.